The van der Waals surface area contributed by atoms with Gasteiger partial charge in [0.2, 0.25) is 5.82 Å². The van der Waals surface area contributed by atoms with Crippen LogP contribution in [0.5, 0.6) is 0 Å². The maximum atomic E-state index is 14.3. The molecule has 1 saturated carbocycles. The number of amides is 1. The average molecular weight is 468 g/mol. The van der Waals surface area contributed by atoms with Crippen molar-refractivity contribution < 1.29 is 31.6 Å². The first-order valence-corrected chi connectivity index (χ1v) is 12.4. The topological polar surface area (TPSA) is 112 Å². The highest BCUT2D eigenvalue weighted by molar-refractivity contribution is 7.90. The molecule has 0 atom stereocenters. The lowest BCUT2D eigenvalue weighted by Crippen LogP contribution is -2.46. The molecular formula is C21H26FN3O6S. The zero-order valence-electron chi connectivity index (χ0n) is 18.0. The molecule has 1 aliphatic heterocycles. The smallest absolute Gasteiger partial charge is 0.410 e. The number of halogens is 1. The van der Waals surface area contributed by atoms with Crippen molar-refractivity contribution in [3.8, 4) is 11.4 Å². The summed E-state index contributed by atoms with van der Waals surface area (Å²) in [6, 6.07) is 3.53. The SMILES string of the molecule is CC1(OC(=O)N2CCC(OCc3nc(-c4ccc(S(C)(=O)=O)cc4F)no3)CC2)CCC1. The first-order valence-electron chi connectivity index (χ1n) is 10.6. The zero-order valence-corrected chi connectivity index (χ0v) is 18.9. The van der Waals surface area contributed by atoms with Gasteiger partial charge < -0.3 is 18.9 Å². The highest BCUT2D eigenvalue weighted by atomic mass is 32.2. The Kier molecular flexibility index (Phi) is 6.22. The van der Waals surface area contributed by atoms with Gasteiger partial charge in [0.15, 0.2) is 9.84 Å². The van der Waals surface area contributed by atoms with Crippen molar-refractivity contribution in [3.63, 3.8) is 0 Å². The number of ether oxygens (including phenoxy) is 2. The molecule has 1 aromatic heterocycles. The highest BCUT2D eigenvalue weighted by Crippen LogP contribution is 2.35. The van der Waals surface area contributed by atoms with Gasteiger partial charge in [-0.3, -0.25) is 0 Å². The lowest BCUT2D eigenvalue weighted by Gasteiger charge is -2.40. The molecule has 9 nitrogen and oxygen atoms in total. The summed E-state index contributed by atoms with van der Waals surface area (Å²) in [7, 11) is -3.51. The predicted octanol–water partition coefficient (Wildman–Crippen LogP) is 3.34. The molecule has 0 unspecified atom stereocenters. The van der Waals surface area contributed by atoms with Gasteiger partial charge in [0.1, 0.15) is 18.0 Å². The van der Waals surface area contributed by atoms with Crippen LogP contribution in [0.1, 0.15) is 44.9 Å². The predicted molar refractivity (Wildman–Crippen MR) is 111 cm³/mol. The molecule has 0 spiro atoms. The van der Waals surface area contributed by atoms with Gasteiger partial charge in [-0.2, -0.15) is 4.98 Å². The van der Waals surface area contributed by atoms with Crippen LogP contribution in [-0.2, 0) is 25.9 Å². The lowest BCUT2D eigenvalue weighted by molar-refractivity contribution is -0.0589. The quantitative estimate of drug-likeness (QED) is 0.636. The second-order valence-corrected chi connectivity index (χ2v) is 10.6. The molecule has 2 heterocycles. The summed E-state index contributed by atoms with van der Waals surface area (Å²) in [6.07, 6.45) is 4.91. The van der Waals surface area contributed by atoms with Gasteiger partial charge in [-0.15, -0.1) is 0 Å². The van der Waals surface area contributed by atoms with E-state index in [1.165, 1.54) is 12.1 Å². The highest BCUT2D eigenvalue weighted by Gasteiger charge is 2.37. The van der Waals surface area contributed by atoms with Crippen LogP contribution >= 0.6 is 0 Å². The van der Waals surface area contributed by atoms with Crippen LogP contribution in [0, 0.1) is 5.82 Å². The number of likely N-dealkylation sites (tertiary alicyclic amines) is 1. The Morgan fingerprint density at radius 3 is 2.62 bits per heavy atom. The molecule has 2 fully saturated rings. The minimum absolute atomic E-state index is 0.0169. The average Bonchev–Trinajstić information content (AvgIpc) is 3.19. The second-order valence-electron chi connectivity index (χ2n) is 8.59. The van der Waals surface area contributed by atoms with E-state index in [0.29, 0.717) is 25.9 Å². The van der Waals surface area contributed by atoms with Crippen molar-refractivity contribution in [2.75, 3.05) is 19.3 Å². The number of carbonyl (C=O) groups excluding carboxylic acids is 1. The van der Waals surface area contributed by atoms with E-state index >= 15 is 0 Å². The number of piperidine rings is 1. The van der Waals surface area contributed by atoms with Crippen molar-refractivity contribution in [2.24, 2.45) is 0 Å². The molecule has 32 heavy (non-hydrogen) atoms. The first kappa shape index (κ1) is 22.7. The van der Waals surface area contributed by atoms with Gasteiger partial charge in [-0.25, -0.2) is 17.6 Å². The molecule has 1 aromatic carbocycles. The Morgan fingerprint density at radius 2 is 2.03 bits per heavy atom. The molecule has 1 amide bonds. The minimum Gasteiger partial charge on any atom is -0.443 e. The van der Waals surface area contributed by atoms with Crippen LogP contribution in [0.3, 0.4) is 0 Å². The molecule has 0 N–H and O–H groups in total. The number of hydrogen-bond donors (Lipinski definition) is 0. The maximum absolute atomic E-state index is 14.3. The third-order valence-electron chi connectivity index (χ3n) is 5.97. The van der Waals surface area contributed by atoms with Gasteiger partial charge in [-0.1, -0.05) is 5.16 Å². The molecule has 1 aliphatic carbocycles. The van der Waals surface area contributed by atoms with Crippen LogP contribution in [-0.4, -0.2) is 60.6 Å². The Labute approximate surface area is 185 Å². The Morgan fingerprint density at radius 1 is 1.31 bits per heavy atom. The van der Waals surface area contributed by atoms with E-state index in [1.807, 2.05) is 6.92 Å². The van der Waals surface area contributed by atoms with Gasteiger partial charge in [-0.05, 0) is 57.2 Å². The Bertz CT molecular complexity index is 1090. The summed E-state index contributed by atoms with van der Waals surface area (Å²) in [5.74, 6) is -0.550. The Balaban J connectivity index is 1.28. The molecule has 2 aliphatic rings. The van der Waals surface area contributed by atoms with E-state index in [0.717, 1.165) is 31.6 Å². The number of rotatable bonds is 6. The van der Waals surface area contributed by atoms with E-state index in [2.05, 4.69) is 10.1 Å². The number of aromatic nitrogens is 2. The van der Waals surface area contributed by atoms with E-state index in [9.17, 15) is 17.6 Å². The van der Waals surface area contributed by atoms with Gasteiger partial charge in [0, 0.05) is 19.3 Å². The fraction of sp³-hybridized carbons (Fsp3) is 0.571. The maximum Gasteiger partial charge on any atom is 0.410 e. The van der Waals surface area contributed by atoms with E-state index in [4.69, 9.17) is 14.0 Å². The van der Waals surface area contributed by atoms with Gasteiger partial charge in [0.05, 0.1) is 16.6 Å². The Hall–Kier alpha value is -2.53. The van der Waals surface area contributed by atoms with E-state index in [-0.39, 0.29) is 46.6 Å². The first-order chi connectivity index (χ1) is 15.1. The summed E-state index contributed by atoms with van der Waals surface area (Å²) in [5.41, 5.74) is -0.274. The zero-order chi connectivity index (χ0) is 22.9. The molecular weight excluding hydrogens is 441 g/mol. The monoisotopic (exact) mass is 467 g/mol. The molecule has 4 rings (SSSR count). The summed E-state index contributed by atoms with van der Waals surface area (Å²) in [6.45, 7) is 3.12. The molecule has 0 radical (unpaired) electrons. The van der Waals surface area contributed by atoms with Crippen molar-refractivity contribution in [2.45, 2.75) is 62.2 Å². The summed E-state index contributed by atoms with van der Waals surface area (Å²) in [5, 5.41) is 3.76. The van der Waals surface area contributed by atoms with Crippen LogP contribution in [0.4, 0.5) is 9.18 Å². The van der Waals surface area contributed by atoms with E-state index in [1.54, 1.807) is 4.90 Å². The van der Waals surface area contributed by atoms with Crippen molar-refractivity contribution in [1.82, 2.24) is 15.0 Å². The number of carbonyl (C=O) groups is 1. The van der Waals surface area contributed by atoms with Crippen molar-refractivity contribution in [1.29, 1.82) is 0 Å². The normalized spacial score (nSPS) is 18.9. The van der Waals surface area contributed by atoms with Crippen LogP contribution in [0.2, 0.25) is 0 Å². The van der Waals surface area contributed by atoms with E-state index < -0.39 is 15.7 Å². The number of hydrogen-bond acceptors (Lipinski definition) is 8. The van der Waals surface area contributed by atoms with Gasteiger partial charge >= 0.3 is 6.09 Å². The third kappa shape index (κ3) is 5.09. The second kappa shape index (κ2) is 8.78. The molecule has 1 saturated heterocycles. The van der Waals surface area contributed by atoms with Gasteiger partial charge in [0.25, 0.3) is 5.89 Å². The lowest BCUT2D eigenvalue weighted by atomic mass is 9.82. The molecule has 11 heteroatoms. The molecule has 0 bridgehead atoms. The largest absolute Gasteiger partial charge is 0.443 e. The van der Waals surface area contributed by atoms with Crippen LogP contribution in [0.25, 0.3) is 11.4 Å². The number of nitrogens with zero attached hydrogens (tertiary/aromatic N) is 3. The summed E-state index contributed by atoms with van der Waals surface area (Å²) >= 11 is 0. The van der Waals surface area contributed by atoms with Crippen LogP contribution < -0.4 is 0 Å². The standard InChI is InChI=1S/C21H26FN3O6S/c1-21(8-3-9-21)30-20(26)25-10-6-14(7-11-25)29-13-18-23-19(24-31-18)16-5-4-15(12-17(16)22)32(2,27)28/h4-5,12,14H,3,6-11,13H2,1-2H3. The summed E-state index contributed by atoms with van der Waals surface area (Å²) < 4.78 is 54.0. The van der Waals surface area contributed by atoms with Crippen molar-refractivity contribution in [3.05, 3.63) is 29.9 Å². The van der Waals surface area contributed by atoms with Crippen LogP contribution in [0.15, 0.2) is 27.6 Å². The number of sulfone groups is 1. The number of benzene rings is 1. The van der Waals surface area contributed by atoms with Crippen molar-refractivity contribution >= 4 is 15.9 Å². The molecule has 174 valence electrons. The minimum atomic E-state index is -3.51. The fourth-order valence-electron chi connectivity index (χ4n) is 3.78. The third-order valence-corrected chi connectivity index (χ3v) is 7.08. The fourth-order valence-corrected chi connectivity index (χ4v) is 4.41. The summed E-state index contributed by atoms with van der Waals surface area (Å²) in [4.78, 5) is 18.0. The molecule has 2 aromatic rings.